The van der Waals surface area contributed by atoms with Crippen molar-refractivity contribution in [2.45, 2.75) is 0 Å². The van der Waals surface area contributed by atoms with Gasteiger partial charge in [-0.05, 0) is 24.3 Å². The second-order valence-electron chi connectivity index (χ2n) is 5.88. The monoisotopic (exact) mass is 420 g/mol. The van der Waals surface area contributed by atoms with E-state index in [4.69, 9.17) is 11.6 Å². The van der Waals surface area contributed by atoms with Gasteiger partial charge in [-0.1, -0.05) is 29.8 Å². The molecule has 10 heteroatoms. The van der Waals surface area contributed by atoms with Gasteiger partial charge in [0.1, 0.15) is 5.82 Å². The fraction of sp³-hybridized carbons (Fsp3) is 0.105. The fourth-order valence-corrected chi connectivity index (χ4v) is 2.81. The highest BCUT2D eigenvalue weighted by Gasteiger charge is 2.21. The summed E-state index contributed by atoms with van der Waals surface area (Å²) in [6.45, 7) is -0.217. The molecule has 29 heavy (non-hydrogen) atoms. The molecule has 1 heterocycles. The molecule has 0 unspecified atom stereocenters. The van der Waals surface area contributed by atoms with Gasteiger partial charge in [0, 0.05) is 18.3 Å². The maximum absolute atomic E-state index is 13.4. The predicted molar refractivity (Wildman–Crippen MR) is 103 cm³/mol. The zero-order valence-corrected chi connectivity index (χ0v) is 15.6. The lowest BCUT2D eigenvalue weighted by molar-refractivity contribution is 0.0974. The van der Waals surface area contributed by atoms with Gasteiger partial charge >= 0.3 is 0 Å². The van der Waals surface area contributed by atoms with Crippen LogP contribution in [-0.4, -0.2) is 40.3 Å². The number of anilines is 2. The number of aliphatic hydroxyl groups excluding tert-OH is 1. The van der Waals surface area contributed by atoms with Gasteiger partial charge in [0.05, 0.1) is 17.2 Å². The summed E-state index contributed by atoms with van der Waals surface area (Å²) in [5, 5.41) is 17.7. The van der Waals surface area contributed by atoms with Crippen LogP contribution in [0.1, 0.15) is 20.8 Å². The number of nitrogens with zero attached hydrogens (tertiary/aromatic N) is 2. The van der Waals surface area contributed by atoms with Crippen molar-refractivity contribution in [2.75, 3.05) is 23.4 Å². The molecular formula is C19H15ClF2N4O3. The van der Waals surface area contributed by atoms with Gasteiger partial charge in [-0.2, -0.15) is 5.10 Å². The number of aromatic amines is 1. The third-order valence-electron chi connectivity index (χ3n) is 3.94. The Morgan fingerprint density at radius 2 is 1.83 bits per heavy atom. The van der Waals surface area contributed by atoms with Gasteiger partial charge in [0.15, 0.2) is 17.3 Å². The van der Waals surface area contributed by atoms with Gasteiger partial charge in [0.25, 0.3) is 11.8 Å². The zero-order valence-electron chi connectivity index (χ0n) is 14.8. The van der Waals surface area contributed by atoms with Crippen LogP contribution < -0.4 is 10.2 Å². The number of amides is 2. The van der Waals surface area contributed by atoms with Gasteiger partial charge in [-0.25, -0.2) is 8.78 Å². The van der Waals surface area contributed by atoms with E-state index in [2.05, 4.69) is 15.5 Å². The Balaban J connectivity index is 1.78. The van der Waals surface area contributed by atoms with Crippen molar-refractivity contribution in [3.8, 4) is 0 Å². The molecule has 0 saturated carbocycles. The number of benzene rings is 2. The third kappa shape index (κ3) is 4.58. The molecule has 7 nitrogen and oxygen atoms in total. The van der Waals surface area contributed by atoms with Crippen LogP contribution in [0.3, 0.4) is 0 Å². The molecule has 0 atom stereocenters. The summed E-state index contributed by atoms with van der Waals surface area (Å²) in [7, 11) is 0. The number of para-hydroxylation sites is 1. The smallest absolute Gasteiger partial charge is 0.278 e. The van der Waals surface area contributed by atoms with Crippen LogP contribution in [-0.2, 0) is 0 Å². The Hall–Kier alpha value is -3.30. The number of halogens is 3. The summed E-state index contributed by atoms with van der Waals surface area (Å²) in [5.41, 5.74) is 0.266. The van der Waals surface area contributed by atoms with E-state index in [0.717, 1.165) is 0 Å². The molecule has 3 rings (SSSR count). The highest BCUT2D eigenvalue weighted by molar-refractivity contribution is 6.34. The number of hydrogen-bond acceptors (Lipinski definition) is 4. The van der Waals surface area contributed by atoms with E-state index in [0.29, 0.717) is 17.8 Å². The van der Waals surface area contributed by atoms with E-state index in [1.165, 1.54) is 11.0 Å². The molecule has 0 saturated heterocycles. The number of rotatable bonds is 6. The van der Waals surface area contributed by atoms with E-state index in [-0.39, 0.29) is 35.2 Å². The minimum atomic E-state index is -1.22. The molecule has 0 aliphatic rings. The molecule has 0 fully saturated rings. The van der Waals surface area contributed by atoms with E-state index >= 15 is 0 Å². The molecule has 150 valence electrons. The molecule has 0 bridgehead atoms. The molecule has 3 aromatic rings. The first-order valence-electron chi connectivity index (χ1n) is 8.39. The van der Waals surface area contributed by atoms with Crippen molar-refractivity contribution in [3.63, 3.8) is 0 Å². The second-order valence-corrected chi connectivity index (χ2v) is 6.29. The Kier molecular flexibility index (Phi) is 6.20. The number of aliphatic hydroxyl groups is 1. The average Bonchev–Trinajstić information content (AvgIpc) is 3.17. The van der Waals surface area contributed by atoms with Crippen molar-refractivity contribution in [1.82, 2.24) is 10.2 Å². The van der Waals surface area contributed by atoms with Crippen LogP contribution in [0.5, 0.6) is 0 Å². The number of aromatic nitrogens is 2. The highest BCUT2D eigenvalue weighted by atomic mass is 35.5. The van der Waals surface area contributed by atoms with E-state index in [1.807, 2.05) is 0 Å². The van der Waals surface area contributed by atoms with E-state index in [9.17, 15) is 23.5 Å². The molecule has 0 aliphatic carbocycles. The van der Waals surface area contributed by atoms with Crippen molar-refractivity contribution in [2.24, 2.45) is 0 Å². The highest BCUT2D eigenvalue weighted by Crippen LogP contribution is 2.22. The van der Waals surface area contributed by atoms with Crippen molar-refractivity contribution in [1.29, 1.82) is 0 Å². The zero-order chi connectivity index (χ0) is 21.0. The Morgan fingerprint density at radius 3 is 2.52 bits per heavy atom. The summed E-state index contributed by atoms with van der Waals surface area (Å²) in [6.07, 6.45) is 0. The van der Waals surface area contributed by atoms with Gasteiger partial charge in [0.2, 0.25) is 0 Å². The molecule has 0 radical (unpaired) electrons. The van der Waals surface area contributed by atoms with Crippen molar-refractivity contribution in [3.05, 3.63) is 76.4 Å². The van der Waals surface area contributed by atoms with Crippen LogP contribution in [0.25, 0.3) is 0 Å². The Bertz CT molecular complexity index is 1040. The molecule has 0 spiro atoms. The quantitative estimate of drug-likeness (QED) is 0.533. The first-order chi connectivity index (χ1) is 13.9. The van der Waals surface area contributed by atoms with E-state index < -0.39 is 23.4 Å². The fourth-order valence-electron chi connectivity index (χ4n) is 2.58. The van der Waals surface area contributed by atoms with Gasteiger partial charge < -0.3 is 15.3 Å². The number of nitrogens with one attached hydrogen (secondary N) is 2. The number of carbonyl (C=O) groups is 2. The average molecular weight is 421 g/mol. The molecule has 0 aliphatic heterocycles. The summed E-state index contributed by atoms with van der Waals surface area (Å²) in [5.74, 6) is -3.66. The topological polar surface area (TPSA) is 98.3 Å². The first-order valence-corrected chi connectivity index (χ1v) is 8.77. The van der Waals surface area contributed by atoms with Gasteiger partial charge in [-0.15, -0.1) is 0 Å². The molecule has 2 amide bonds. The standard InChI is InChI=1S/C19H15ClF2N4O3/c20-13-9-15(22)14(21)8-12(13)18(28)23-17-10-16(24-25-17)19(29)26(6-7-27)11-4-2-1-3-5-11/h1-5,8-10,27H,6-7H2,(H2,23,24,25,28). The minimum absolute atomic E-state index is 0.0195. The third-order valence-corrected chi connectivity index (χ3v) is 4.25. The van der Waals surface area contributed by atoms with Gasteiger partial charge in [-0.3, -0.25) is 14.7 Å². The molecule has 3 N–H and O–H groups in total. The molecule has 2 aromatic carbocycles. The Labute approximate surface area is 168 Å². The van der Waals surface area contributed by atoms with Crippen LogP contribution in [0.2, 0.25) is 5.02 Å². The Morgan fingerprint density at radius 1 is 1.14 bits per heavy atom. The van der Waals surface area contributed by atoms with E-state index in [1.54, 1.807) is 30.3 Å². The summed E-state index contributed by atoms with van der Waals surface area (Å²) in [6, 6.07) is 11.3. The molecular weight excluding hydrogens is 406 g/mol. The van der Waals surface area contributed by atoms with Crippen LogP contribution in [0, 0.1) is 11.6 Å². The predicted octanol–water partition coefficient (Wildman–Crippen LogP) is 3.23. The largest absolute Gasteiger partial charge is 0.395 e. The minimum Gasteiger partial charge on any atom is -0.395 e. The second kappa shape index (κ2) is 8.80. The summed E-state index contributed by atoms with van der Waals surface area (Å²) >= 11 is 5.78. The maximum atomic E-state index is 13.4. The number of hydrogen-bond donors (Lipinski definition) is 3. The summed E-state index contributed by atoms with van der Waals surface area (Å²) < 4.78 is 26.5. The van der Waals surface area contributed by atoms with Crippen LogP contribution >= 0.6 is 11.6 Å². The maximum Gasteiger partial charge on any atom is 0.278 e. The lowest BCUT2D eigenvalue weighted by Gasteiger charge is -2.20. The lowest BCUT2D eigenvalue weighted by Crippen LogP contribution is -2.33. The number of H-pyrrole nitrogens is 1. The normalized spacial score (nSPS) is 10.6. The molecule has 1 aromatic heterocycles. The van der Waals surface area contributed by atoms with Crippen molar-refractivity contribution < 1.29 is 23.5 Å². The lowest BCUT2D eigenvalue weighted by atomic mass is 10.2. The van der Waals surface area contributed by atoms with Crippen LogP contribution in [0.15, 0.2) is 48.5 Å². The van der Waals surface area contributed by atoms with Crippen LogP contribution in [0.4, 0.5) is 20.3 Å². The summed E-state index contributed by atoms with van der Waals surface area (Å²) in [4.78, 5) is 26.3. The SMILES string of the molecule is O=C(Nc1cc(C(=O)N(CCO)c2ccccc2)n[nH]1)c1cc(F)c(F)cc1Cl. The van der Waals surface area contributed by atoms with Crippen molar-refractivity contribution >= 4 is 34.9 Å². The number of carbonyl (C=O) groups excluding carboxylic acids is 2. The first kappa shape index (κ1) is 20.4.